The third-order valence-corrected chi connectivity index (χ3v) is 6.43. The normalized spacial score (nSPS) is 19.6. The molecule has 0 heterocycles. The van der Waals surface area contributed by atoms with Crippen molar-refractivity contribution in [1.29, 1.82) is 0 Å². The Labute approximate surface area is 129 Å². The Morgan fingerprint density at radius 2 is 1.90 bits per heavy atom. The van der Waals surface area contributed by atoms with Gasteiger partial charge in [0.1, 0.15) is 0 Å². The van der Waals surface area contributed by atoms with Gasteiger partial charge in [0.25, 0.3) is 0 Å². The molecule has 2 fully saturated rings. The number of rotatable bonds is 6. The summed E-state index contributed by atoms with van der Waals surface area (Å²) >= 11 is 11.8. The highest BCUT2D eigenvalue weighted by molar-refractivity contribution is 7.89. The van der Waals surface area contributed by atoms with E-state index in [1.54, 1.807) is 22.5 Å². The van der Waals surface area contributed by atoms with Crippen LogP contribution in [0.25, 0.3) is 0 Å². The fourth-order valence-electron chi connectivity index (χ4n) is 2.31. The number of nitrogens with zero attached hydrogens (tertiary/aromatic N) is 1. The molecular weight excluding hydrogens is 317 g/mol. The Kier molecular flexibility index (Phi) is 4.01. The van der Waals surface area contributed by atoms with Crippen molar-refractivity contribution in [2.45, 2.75) is 42.5 Å². The van der Waals surface area contributed by atoms with Crippen LogP contribution in [-0.4, -0.2) is 25.3 Å². The van der Waals surface area contributed by atoms with E-state index in [1.807, 2.05) is 0 Å². The van der Waals surface area contributed by atoms with Crippen molar-refractivity contribution in [2.75, 3.05) is 6.54 Å². The van der Waals surface area contributed by atoms with E-state index in [0.717, 1.165) is 25.7 Å². The predicted octanol–water partition coefficient (Wildman–Crippen LogP) is 3.64. The van der Waals surface area contributed by atoms with Crippen LogP contribution in [-0.2, 0) is 15.9 Å². The van der Waals surface area contributed by atoms with Crippen LogP contribution >= 0.6 is 23.2 Å². The first-order chi connectivity index (χ1) is 9.52. The second-order valence-electron chi connectivity index (χ2n) is 5.64. The van der Waals surface area contributed by atoms with E-state index in [9.17, 15) is 8.42 Å². The summed E-state index contributed by atoms with van der Waals surface area (Å²) in [5.74, 6) is 0.763. The molecule has 3 rings (SSSR count). The summed E-state index contributed by atoms with van der Waals surface area (Å²) in [5.41, 5.74) is 0.663. The average molecular weight is 334 g/mol. The summed E-state index contributed by atoms with van der Waals surface area (Å²) < 4.78 is 27.3. The molecule has 0 bridgehead atoms. The molecule has 1 aromatic carbocycles. The van der Waals surface area contributed by atoms with E-state index in [4.69, 9.17) is 23.2 Å². The Morgan fingerprint density at radius 3 is 2.45 bits per heavy atom. The topological polar surface area (TPSA) is 37.4 Å². The Bertz CT molecular complexity index is 610. The van der Waals surface area contributed by atoms with Gasteiger partial charge in [0.2, 0.25) is 10.0 Å². The molecule has 110 valence electrons. The molecule has 0 aromatic heterocycles. The number of sulfonamides is 1. The second-order valence-corrected chi connectivity index (χ2v) is 8.20. The van der Waals surface area contributed by atoms with Crippen LogP contribution in [0.5, 0.6) is 0 Å². The Hall–Kier alpha value is -0.290. The summed E-state index contributed by atoms with van der Waals surface area (Å²) in [6.07, 6.45) is 4.24. The van der Waals surface area contributed by atoms with Gasteiger partial charge >= 0.3 is 0 Å². The summed E-state index contributed by atoms with van der Waals surface area (Å²) in [6, 6.07) is 4.99. The van der Waals surface area contributed by atoms with Crippen molar-refractivity contribution in [2.24, 2.45) is 5.92 Å². The maximum Gasteiger partial charge on any atom is 0.243 e. The van der Waals surface area contributed by atoms with Crippen molar-refractivity contribution >= 4 is 33.2 Å². The lowest BCUT2D eigenvalue weighted by Crippen LogP contribution is -2.35. The molecule has 3 nitrogen and oxygen atoms in total. The van der Waals surface area contributed by atoms with E-state index in [-0.39, 0.29) is 11.9 Å². The Balaban J connectivity index is 1.92. The standard InChI is InChI=1S/C14H17Cl2NO2S/c15-8-11-7-13(5-6-14(11)16)20(18,19)17(12-3-4-12)9-10-1-2-10/h5-7,10,12H,1-4,8-9H2. The van der Waals surface area contributed by atoms with Crippen LogP contribution < -0.4 is 0 Å². The molecule has 0 atom stereocenters. The van der Waals surface area contributed by atoms with Crippen LogP contribution in [0.1, 0.15) is 31.2 Å². The summed E-state index contributed by atoms with van der Waals surface area (Å²) in [4.78, 5) is 0.310. The SMILES string of the molecule is O=S(=O)(c1ccc(Cl)c(CCl)c1)N(CC1CC1)C1CC1. The van der Waals surface area contributed by atoms with Crippen molar-refractivity contribution in [3.8, 4) is 0 Å². The average Bonchev–Trinajstić information content (AvgIpc) is 3.28. The van der Waals surface area contributed by atoms with Gasteiger partial charge in [-0.3, -0.25) is 0 Å². The van der Waals surface area contributed by atoms with Crippen molar-refractivity contribution < 1.29 is 8.42 Å². The molecule has 6 heteroatoms. The summed E-state index contributed by atoms with van der Waals surface area (Å²) in [6.45, 7) is 0.659. The molecule has 20 heavy (non-hydrogen) atoms. The number of halogens is 2. The van der Waals surface area contributed by atoms with Crippen molar-refractivity contribution in [3.05, 3.63) is 28.8 Å². The van der Waals surface area contributed by atoms with Gasteiger partial charge in [0.05, 0.1) is 4.90 Å². The fourth-order valence-corrected chi connectivity index (χ4v) is 4.60. The van der Waals surface area contributed by atoms with Crippen LogP contribution in [0.2, 0.25) is 5.02 Å². The number of hydrogen-bond donors (Lipinski definition) is 0. The van der Waals surface area contributed by atoms with Gasteiger partial charge in [-0.05, 0) is 55.4 Å². The van der Waals surface area contributed by atoms with Crippen LogP contribution in [0.15, 0.2) is 23.1 Å². The zero-order valence-electron chi connectivity index (χ0n) is 11.1. The van der Waals surface area contributed by atoms with Crippen LogP contribution in [0, 0.1) is 5.92 Å². The second kappa shape index (κ2) is 5.48. The lowest BCUT2D eigenvalue weighted by Gasteiger charge is -2.22. The van der Waals surface area contributed by atoms with Gasteiger partial charge < -0.3 is 0 Å². The van der Waals surface area contributed by atoms with Crippen LogP contribution in [0.4, 0.5) is 0 Å². The minimum Gasteiger partial charge on any atom is -0.207 e. The van der Waals surface area contributed by atoms with Crippen LogP contribution in [0.3, 0.4) is 0 Å². The lowest BCUT2D eigenvalue weighted by molar-refractivity contribution is 0.389. The number of hydrogen-bond acceptors (Lipinski definition) is 2. The maximum atomic E-state index is 12.8. The van der Waals surface area contributed by atoms with Crippen molar-refractivity contribution in [3.63, 3.8) is 0 Å². The molecule has 2 aliphatic carbocycles. The quantitative estimate of drug-likeness (QED) is 0.745. The highest BCUT2D eigenvalue weighted by Crippen LogP contribution is 2.38. The molecular formula is C14H17Cl2NO2S. The maximum absolute atomic E-state index is 12.8. The Morgan fingerprint density at radius 1 is 1.20 bits per heavy atom. The van der Waals surface area contributed by atoms with Gasteiger partial charge in [-0.1, -0.05) is 11.6 Å². The molecule has 0 unspecified atom stereocenters. The van der Waals surface area contributed by atoms with Gasteiger partial charge in [0, 0.05) is 23.5 Å². The van der Waals surface area contributed by atoms with E-state index in [0.29, 0.717) is 27.9 Å². The lowest BCUT2D eigenvalue weighted by atomic mass is 10.2. The first kappa shape index (κ1) is 14.6. The summed E-state index contributed by atoms with van der Waals surface area (Å²) in [7, 11) is -3.43. The molecule has 0 spiro atoms. The molecule has 0 saturated heterocycles. The highest BCUT2D eigenvalue weighted by atomic mass is 35.5. The minimum atomic E-state index is -3.43. The van der Waals surface area contributed by atoms with Gasteiger partial charge in [0.15, 0.2) is 0 Å². The first-order valence-electron chi connectivity index (χ1n) is 6.88. The monoisotopic (exact) mass is 333 g/mol. The molecule has 0 amide bonds. The van der Waals surface area contributed by atoms with Gasteiger partial charge in [-0.25, -0.2) is 8.42 Å². The van der Waals surface area contributed by atoms with Crippen molar-refractivity contribution in [1.82, 2.24) is 4.31 Å². The van der Waals surface area contributed by atoms with E-state index < -0.39 is 10.0 Å². The fraction of sp³-hybridized carbons (Fsp3) is 0.571. The molecule has 1 aromatic rings. The predicted molar refractivity (Wildman–Crippen MR) is 80.6 cm³/mol. The number of alkyl halides is 1. The van der Waals surface area contributed by atoms with Gasteiger partial charge in [-0.2, -0.15) is 4.31 Å². The smallest absolute Gasteiger partial charge is 0.207 e. The largest absolute Gasteiger partial charge is 0.243 e. The molecule has 0 N–H and O–H groups in total. The highest BCUT2D eigenvalue weighted by Gasteiger charge is 2.41. The first-order valence-corrected chi connectivity index (χ1v) is 9.24. The molecule has 0 aliphatic heterocycles. The van der Waals surface area contributed by atoms with E-state index in [2.05, 4.69) is 0 Å². The third kappa shape index (κ3) is 2.98. The third-order valence-electron chi connectivity index (χ3n) is 3.86. The van der Waals surface area contributed by atoms with E-state index >= 15 is 0 Å². The zero-order chi connectivity index (χ0) is 14.3. The zero-order valence-corrected chi connectivity index (χ0v) is 13.4. The molecule has 2 saturated carbocycles. The molecule has 2 aliphatic rings. The molecule has 0 radical (unpaired) electrons. The van der Waals surface area contributed by atoms with Gasteiger partial charge in [-0.15, -0.1) is 11.6 Å². The minimum absolute atomic E-state index is 0.190. The van der Waals surface area contributed by atoms with E-state index in [1.165, 1.54) is 0 Å². The summed E-state index contributed by atoms with van der Waals surface area (Å²) in [5, 5.41) is 0.513. The number of benzene rings is 1.